The number of carbonyl (C=O) groups is 1. The standard InChI is InChI=1S/C14H12Br2N2O/c1-18(9-10-2-4-11(15)5-3-10)14(19)13-7-6-12(16)8-17-13/h2-8H,9H2,1H3. The summed E-state index contributed by atoms with van der Waals surface area (Å²) >= 11 is 6.69. The number of rotatable bonds is 3. The first-order chi connectivity index (χ1) is 9.06. The molecule has 5 heteroatoms. The molecule has 0 radical (unpaired) electrons. The van der Waals surface area contributed by atoms with Gasteiger partial charge >= 0.3 is 0 Å². The number of pyridine rings is 1. The number of aromatic nitrogens is 1. The number of benzene rings is 1. The Morgan fingerprint density at radius 3 is 2.32 bits per heavy atom. The molecule has 0 aliphatic rings. The molecule has 0 atom stereocenters. The highest BCUT2D eigenvalue weighted by molar-refractivity contribution is 9.10. The van der Waals surface area contributed by atoms with Gasteiger partial charge in [0.25, 0.3) is 5.91 Å². The molecule has 3 nitrogen and oxygen atoms in total. The summed E-state index contributed by atoms with van der Waals surface area (Å²) in [5, 5.41) is 0. The van der Waals surface area contributed by atoms with Crippen LogP contribution in [0, 0.1) is 0 Å². The van der Waals surface area contributed by atoms with Crippen LogP contribution in [0.25, 0.3) is 0 Å². The van der Waals surface area contributed by atoms with E-state index in [1.165, 1.54) is 0 Å². The molecule has 0 bridgehead atoms. The molecule has 0 spiro atoms. The zero-order chi connectivity index (χ0) is 13.8. The molecule has 0 fully saturated rings. The zero-order valence-electron chi connectivity index (χ0n) is 10.3. The predicted molar refractivity (Wildman–Crippen MR) is 81.9 cm³/mol. The van der Waals surface area contributed by atoms with Crippen molar-refractivity contribution in [3.05, 3.63) is 62.8 Å². The molecule has 1 aromatic heterocycles. The number of amides is 1. The third-order valence-electron chi connectivity index (χ3n) is 2.63. The van der Waals surface area contributed by atoms with Crippen molar-refractivity contribution < 1.29 is 4.79 Å². The van der Waals surface area contributed by atoms with Gasteiger partial charge in [-0.05, 0) is 45.8 Å². The van der Waals surface area contributed by atoms with E-state index in [9.17, 15) is 4.79 Å². The summed E-state index contributed by atoms with van der Waals surface area (Å²) in [7, 11) is 1.77. The molecule has 0 saturated carbocycles. The second-order valence-electron chi connectivity index (χ2n) is 4.15. The Hall–Kier alpha value is -1.20. The Morgan fingerprint density at radius 2 is 1.74 bits per heavy atom. The van der Waals surface area contributed by atoms with Gasteiger partial charge in [-0.2, -0.15) is 0 Å². The van der Waals surface area contributed by atoms with Gasteiger partial charge in [-0.1, -0.05) is 28.1 Å². The number of carbonyl (C=O) groups excluding carboxylic acids is 1. The van der Waals surface area contributed by atoms with E-state index in [1.54, 1.807) is 24.2 Å². The molecule has 2 rings (SSSR count). The van der Waals surface area contributed by atoms with Crippen LogP contribution in [0.4, 0.5) is 0 Å². The van der Waals surface area contributed by atoms with Crippen LogP contribution in [0.2, 0.25) is 0 Å². The van der Waals surface area contributed by atoms with E-state index in [1.807, 2.05) is 30.3 Å². The van der Waals surface area contributed by atoms with Crippen LogP contribution >= 0.6 is 31.9 Å². The third-order valence-corrected chi connectivity index (χ3v) is 3.62. The zero-order valence-corrected chi connectivity index (χ0v) is 13.5. The van der Waals surface area contributed by atoms with Crippen molar-refractivity contribution in [1.29, 1.82) is 0 Å². The second-order valence-corrected chi connectivity index (χ2v) is 5.98. The smallest absolute Gasteiger partial charge is 0.272 e. The molecule has 1 heterocycles. The highest BCUT2D eigenvalue weighted by atomic mass is 79.9. The first kappa shape index (κ1) is 14.2. The molecule has 0 N–H and O–H groups in total. The van der Waals surface area contributed by atoms with Crippen molar-refractivity contribution in [1.82, 2.24) is 9.88 Å². The maximum absolute atomic E-state index is 12.2. The van der Waals surface area contributed by atoms with Crippen molar-refractivity contribution >= 4 is 37.8 Å². The van der Waals surface area contributed by atoms with Crippen LogP contribution < -0.4 is 0 Å². The summed E-state index contributed by atoms with van der Waals surface area (Å²) in [5.74, 6) is -0.0876. The number of hydrogen-bond acceptors (Lipinski definition) is 2. The summed E-state index contributed by atoms with van der Waals surface area (Å²) in [5.41, 5.74) is 1.53. The van der Waals surface area contributed by atoms with Gasteiger partial charge in [0.05, 0.1) is 0 Å². The summed E-state index contributed by atoms with van der Waals surface area (Å²) in [6.45, 7) is 0.559. The minimum absolute atomic E-state index is 0.0876. The summed E-state index contributed by atoms with van der Waals surface area (Å²) in [4.78, 5) is 17.9. The minimum atomic E-state index is -0.0876. The lowest BCUT2D eigenvalue weighted by molar-refractivity contribution is 0.0779. The van der Waals surface area contributed by atoms with E-state index in [-0.39, 0.29) is 5.91 Å². The van der Waals surface area contributed by atoms with Crippen LogP contribution in [-0.2, 0) is 6.54 Å². The first-order valence-corrected chi connectivity index (χ1v) is 7.26. The molecule has 98 valence electrons. The van der Waals surface area contributed by atoms with Crippen LogP contribution in [-0.4, -0.2) is 22.8 Å². The van der Waals surface area contributed by atoms with Crippen LogP contribution in [0.3, 0.4) is 0 Å². The van der Waals surface area contributed by atoms with Gasteiger partial charge in [0, 0.05) is 28.7 Å². The van der Waals surface area contributed by atoms with Crippen LogP contribution in [0.5, 0.6) is 0 Å². The Bertz CT molecular complexity index is 567. The van der Waals surface area contributed by atoms with Crippen LogP contribution in [0.1, 0.15) is 16.1 Å². The lowest BCUT2D eigenvalue weighted by Gasteiger charge is -2.16. The van der Waals surface area contributed by atoms with E-state index >= 15 is 0 Å². The van der Waals surface area contributed by atoms with Gasteiger partial charge in [0.15, 0.2) is 0 Å². The predicted octanol–water partition coefficient (Wildman–Crippen LogP) is 3.88. The normalized spacial score (nSPS) is 10.3. The molecule has 1 amide bonds. The lowest BCUT2D eigenvalue weighted by atomic mass is 10.2. The van der Waals surface area contributed by atoms with Gasteiger partial charge in [0.2, 0.25) is 0 Å². The third kappa shape index (κ3) is 3.88. The maximum atomic E-state index is 12.2. The Morgan fingerprint density at radius 1 is 1.11 bits per heavy atom. The minimum Gasteiger partial charge on any atom is -0.336 e. The van der Waals surface area contributed by atoms with Crippen molar-refractivity contribution in [3.63, 3.8) is 0 Å². The van der Waals surface area contributed by atoms with E-state index in [0.717, 1.165) is 14.5 Å². The first-order valence-electron chi connectivity index (χ1n) is 5.68. The number of hydrogen-bond donors (Lipinski definition) is 0. The largest absolute Gasteiger partial charge is 0.336 e. The Kier molecular flexibility index (Phi) is 4.71. The average Bonchev–Trinajstić information content (AvgIpc) is 2.41. The molecule has 1 aromatic carbocycles. The highest BCUT2D eigenvalue weighted by Gasteiger charge is 2.13. The molecule has 0 aliphatic carbocycles. The number of nitrogens with zero attached hydrogens (tertiary/aromatic N) is 2. The quantitative estimate of drug-likeness (QED) is 0.805. The van der Waals surface area contributed by atoms with Crippen molar-refractivity contribution in [2.45, 2.75) is 6.54 Å². The fraction of sp³-hybridized carbons (Fsp3) is 0.143. The van der Waals surface area contributed by atoms with Gasteiger partial charge in [0.1, 0.15) is 5.69 Å². The highest BCUT2D eigenvalue weighted by Crippen LogP contribution is 2.13. The van der Waals surface area contributed by atoms with Gasteiger partial charge < -0.3 is 4.90 Å². The lowest BCUT2D eigenvalue weighted by Crippen LogP contribution is -2.26. The maximum Gasteiger partial charge on any atom is 0.272 e. The van der Waals surface area contributed by atoms with E-state index < -0.39 is 0 Å². The Labute approximate surface area is 128 Å². The van der Waals surface area contributed by atoms with Gasteiger partial charge in [-0.15, -0.1) is 0 Å². The SMILES string of the molecule is CN(Cc1ccc(Br)cc1)C(=O)c1ccc(Br)cn1. The van der Waals surface area contributed by atoms with E-state index in [0.29, 0.717) is 12.2 Å². The molecule has 2 aromatic rings. The second kappa shape index (κ2) is 6.30. The Balaban J connectivity index is 2.07. The fourth-order valence-electron chi connectivity index (χ4n) is 1.63. The summed E-state index contributed by atoms with van der Waals surface area (Å²) in [6.07, 6.45) is 1.63. The van der Waals surface area contributed by atoms with Crippen molar-refractivity contribution in [2.75, 3.05) is 7.05 Å². The molecule has 19 heavy (non-hydrogen) atoms. The van der Waals surface area contributed by atoms with E-state index in [4.69, 9.17) is 0 Å². The van der Waals surface area contributed by atoms with E-state index in [2.05, 4.69) is 36.8 Å². The average molecular weight is 384 g/mol. The molecular formula is C14H12Br2N2O. The topological polar surface area (TPSA) is 33.2 Å². The molecular weight excluding hydrogens is 372 g/mol. The van der Waals surface area contributed by atoms with Crippen molar-refractivity contribution in [3.8, 4) is 0 Å². The fourth-order valence-corrected chi connectivity index (χ4v) is 2.13. The van der Waals surface area contributed by atoms with Crippen molar-refractivity contribution in [2.24, 2.45) is 0 Å². The molecule has 0 saturated heterocycles. The molecule has 0 aliphatic heterocycles. The monoisotopic (exact) mass is 382 g/mol. The van der Waals surface area contributed by atoms with Gasteiger partial charge in [-0.25, -0.2) is 4.98 Å². The van der Waals surface area contributed by atoms with Crippen LogP contribution in [0.15, 0.2) is 51.5 Å². The summed E-state index contributed by atoms with van der Waals surface area (Å²) in [6, 6.07) is 11.4. The number of halogens is 2. The molecule has 0 unspecified atom stereocenters. The van der Waals surface area contributed by atoms with Gasteiger partial charge in [-0.3, -0.25) is 4.79 Å². The summed E-state index contributed by atoms with van der Waals surface area (Å²) < 4.78 is 1.89.